The molecule has 8 heteroatoms. The molecule has 0 radical (unpaired) electrons. The van der Waals surface area contributed by atoms with E-state index in [1.54, 1.807) is 36.4 Å². The Morgan fingerprint density at radius 3 is 2.58 bits per heavy atom. The number of carbonyl (C=O) groups excluding carboxylic acids is 1. The van der Waals surface area contributed by atoms with E-state index in [1.165, 1.54) is 6.07 Å². The Labute approximate surface area is 161 Å². The number of anilines is 2. The lowest BCUT2D eigenvalue weighted by molar-refractivity contribution is -0.124. The molecule has 0 saturated carbocycles. The van der Waals surface area contributed by atoms with Crippen LogP contribution in [0.4, 0.5) is 11.4 Å². The summed E-state index contributed by atoms with van der Waals surface area (Å²) in [6.07, 6.45) is -0.234. The molecule has 1 atom stereocenters. The van der Waals surface area contributed by atoms with Crippen LogP contribution in [0.5, 0.6) is 5.75 Å². The number of para-hydroxylation sites is 1. The number of hydrogen-bond acceptors (Lipinski definition) is 4. The summed E-state index contributed by atoms with van der Waals surface area (Å²) < 4.78 is 34.7. The topological polar surface area (TPSA) is 84.5 Å². The van der Waals surface area contributed by atoms with E-state index in [9.17, 15) is 13.2 Å². The van der Waals surface area contributed by atoms with E-state index < -0.39 is 16.1 Å². The molecule has 26 heavy (non-hydrogen) atoms. The van der Waals surface area contributed by atoms with Gasteiger partial charge in [0.2, 0.25) is 0 Å². The molecule has 1 heterocycles. The van der Waals surface area contributed by atoms with E-state index in [1.807, 2.05) is 13.8 Å². The Hall–Kier alpha value is -2.06. The third kappa shape index (κ3) is 4.02. The lowest BCUT2D eigenvalue weighted by Crippen LogP contribution is -2.38. The summed E-state index contributed by atoms with van der Waals surface area (Å²) in [5.74, 6) is 0.107. The monoisotopic (exact) mass is 438 g/mol. The average Bonchev–Trinajstić information content (AvgIpc) is 2.55. The number of sulfonamides is 1. The van der Waals surface area contributed by atoms with E-state index in [2.05, 4.69) is 26.0 Å². The van der Waals surface area contributed by atoms with Crippen LogP contribution in [-0.4, -0.2) is 20.4 Å². The van der Waals surface area contributed by atoms with Crippen molar-refractivity contribution in [1.29, 1.82) is 0 Å². The van der Waals surface area contributed by atoms with E-state index >= 15 is 0 Å². The molecule has 0 saturated heterocycles. The van der Waals surface area contributed by atoms with Gasteiger partial charge in [0.05, 0.1) is 5.69 Å². The first-order valence-electron chi connectivity index (χ1n) is 8.15. The van der Waals surface area contributed by atoms with Crippen molar-refractivity contribution in [3.63, 3.8) is 0 Å². The van der Waals surface area contributed by atoms with Crippen molar-refractivity contribution in [2.75, 3.05) is 10.0 Å². The summed E-state index contributed by atoms with van der Waals surface area (Å²) in [6, 6.07) is 11.7. The number of amides is 1. The van der Waals surface area contributed by atoms with Gasteiger partial charge in [-0.05, 0) is 36.6 Å². The van der Waals surface area contributed by atoms with Gasteiger partial charge in [-0.1, -0.05) is 48.0 Å². The number of hydrogen-bond donors (Lipinski definition) is 2. The lowest BCUT2D eigenvalue weighted by atomic mass is 10.0. The van der Waals surface area contributed by atoms with Gasteiger partial charge in [-0.15, -0.1) is 0 Å². The summed E-state index contributed by atoms with van der Waals surface area (Å²) in [6.45, 7) is 3.95. The third-order valence-corrected chi connectivity index (χ3v) is 5.68. The number of rotatable bonds is 5. The molecular formula is C18H19BrN2O4S. The standard InChI is InChI=1S/C18H19BrN2O4S/c1-11(2)8-15-18(22)20-14-9-12(19)10-16(17(14)25-15)26(23,24)21-13-6-4-3-5-7-13/h3-7,9-11,15,21H,8H2,1-2H3,(H,20,22). The molecule has 2 aromatic carbocycles. The molecular weight excluding hydrogens is 420 g/mol. The summed E-state index contributed by atoms with van der Waals surface area (Å²) in [7, 11) is -3.90. The highest BCUT2D eigenvalue weighted by Crippen LogP contribution is 2.40. The number of halogens is 1. The Morgan fingerprint density at radius 2 is 1.92 bits per heavy atom. The van der Waals surface area contributed by atoms with E-state index in [4.69, 9.17) is 4.74 Å². The zero-order valence-corrected chi connectivity index (χ0v) is 16.7. The van der Waals surface area contributed by atoms with Crippen molar-refractivity contribution in [2.24, 2.45) is 5.92 Å². The second kappa shape index (κ2) is 7.28. The van der Waals surface area contributed by atoms with Crippen LogP contribution in [0, 0.1) is 5.92 Å². The summed E-state index contributed by atoms with van der Waals surface area (Å²) in [4.78, 5) is 12.2. The molecule has 2 N–H and O–H groups in total. The number of benzene rings is 2. The van der Waals surface area contributed by atoms with Crippen LogP contribution in [0.1, 0.15) is 20.3 Å². The molecule has 138 valence electrons. The normalized spacial score (nSPS) is 16.6. The van der Waals surface area contributed by atoms with Crippen molar-refractivity contribution in [3.05, 3.63) is 46.9 Å². The van der Waals surface area contributed by atoms with Gasteiger partial charge in [0.25, 0.3) is 15.9 Å². The molecule has 6 nitrogen and oxygen atoms in total. The minimum Gasteiger partial charge on any atom is -0.477 e. The van der Waals surface area contributed by atoms with Gasteiger partial charge >= 0.3 is 0 Å². The first-order valence-corrected chi connectivity index (χ1v) is 10.4. The first kappa shape index (κ1) is 18.7. The van der Waals surface area contributed by atoms with Gasteiger partial charge in [0.15, 0.2) is 11.9 Å². The number of carbonyl (C=O) groups is 1. The SMILES string of the molecule is CC(C)CC1Oc2c(cc(Br)cc2S(=O)(=O)Nc2ccccc2)NC1=O. The molecule has 0 fully saturated rings. The molecule has 3 rings (SSSR count). The minimum atomic E-state index is -3.90. The fourth-order valence-electron chi connectivity index (χ4n) is 2.69. The maximum absolute atomic E-state index is 12.9. The highest BCUT2D eigenvalue weighted by Gasteiger charge is 2.33. The van der Waals surface area contributed by atoms with Crippen LogP contribution >= 0.6 is 15.9 Å². The second-order valence-corrected chi connectivity index (χ2v) is 9.04. The molecule has 1 aliphatic heterocycles. The number of nitrogens with one attached hydrogen (secondary N) is 2. The Kier molecular flexibility index (Phi) is 5.24. The van der Waals surface area contributed by atoms with E-state index in [0.29, 0.717) is 22.3 Å². The lowest BCUT2D eigenvalue weighted by Gasteiger charge is -2.28. The third-order valence-electron chi connectivity index (χ3n) is 3.83. The van der Waals surface area contributed by atoms with Crippen molar-refractivity contribution in [1.82, 2.24) is 0 Å². The molecule has 0 bridgehead atoms. The predicted octanol–water partition coefficient (Wildman–Crippen LogP) is 4.00. The zero-order chi connectivity index (χ0) is 18.9. The van der Waals surface area contributed by atoms with Crippen LogP contribution in [0.15, 0.2) is 51.8 Å². The molecule has 0 spiro atoms. The molecule has 1 aliphatic rings. The summed E-state index contributed by atoms with van der Waals surface area (Å²) in [5.41, 5.74) is 0.776. The molecule has 0 aromatic heterocycles. The predicted molar refractivity (Wildman–Crippen MR) is 104 cm³/mol. The second-order valence-electron chi connectivity index (χ2n) is 6.48. The number of fused-ring (bicyclic) bond motifs is 1. The van der Waals surface area contributed by atoms with Gasteiger partial charge in [0, 0.05) is 10.2 Å². The zero-order valence-electron chi connectivity index (χ0n) is 14.3. The van der Waals surface area contributed by atoms with Crippen LogP contribution in [-0.2, 0) is 14.8 Å². The number of ether oxygens (including phenoxy) is 1. The van der Waals surface area contributed by atoms with E-state index in [-0.39, 0.29) is 22.5 Å². The minimum absolute atomic E-state index is 0.0283. The van der Waals surface area contributed by atoms with Crippen LogP contribution in [0.3, 0.4) is 0 Å². The van der Waals surface area contributed by atoms with Gasteiger partial charge in [0.1, 0.15) is 4.90 Å². The molecule has 1 unspecified atom stereocenters. The van der Waals surface area contributed by atoms with Crippen LogP contribution in [0.2, 0.25) is 0 Å². The quantitative estimate of drug-likeness (QED) is 0.738. The Morgan fingerprint density at radius 1 is 1.23 bits per heavy atom. The van der Waals surface area contributed by atoms with Crippen molar-refractivity contribution < 1.29 is 17.9 Å². The van der Waals surface area contributed by atoms with Crippen LogP contribution in [0.25, 0.3) is 0 Å². The van der Waals surface area contributed by atoms with Gasteiger partial charge in [-0.2, -0.15) is 0 Å². The van der Waals surface area contributed by atoms with Crippen LogP contribution < -0.4 is 14.8 Å². The fraction of sp³-hybridized carbons (Fsp3) is 0.278. The summed E-state index contributed by atoms with van der Waals surface area (Å²) >= 11 is 3.30. The van der Waals surface area contributed by atoms with E-state index in [0.717, 1.165) is 0 Å². The fourth-order valence-corrected chi connectivity index (χ4v) is 4.54. The molecule has 0 aliphatic carbocycles. The van der Waals surface area contributed by atoms with Gasteiger partial charge < -0.3 is 10.1 Å². The largest absolute Gasteiger partial charge is 0.477 e. The Bertz CT molecular complexity index is 930. The smallest absolute Gasteiger partial charge is 0.265 e. The van der Waals surface area contributed by atoms with Crippen molar-refractivity contribution in [2.45, 2.75) is 31.3 Å². The maximum atomic E-state index is 12.9. The van der Waals surface area contributed by atoms with Gasteiger partial charge in [-0.25, -0.2) is 8.42 Å². The first-order chi connectivity index (χ1) is 12.3. The average molecular weight is 439 g/mol. The maximum Gasteiger partial charge on any atom is 0.265 e. The summed E-state index contributed by atoms with van der Waals surface area (Å²) in [5, 5.41) is 2.75. The highest BCUT2D eigenvalue weighted by molar-refractivity contribution is 9.10. The van der Waals surface area contributed by atoms with Gasteiger partial charge in [-0.3, -0.25) is 9.52 Å². The molecule has 2 aromatic rings. The van der Waals surface area contributed by atoms with Crippen molar-refractivity contribution >= 4 is 43.2 Å². The highest BCUT2D eigenvalue weighted by atomic mass is 79.9. The van der Waals surface area contributed by atoms with Crippen molar-refractivity contribution in [3.8, 4) is 5.75 Å². The molecule has 1 amide bonds. The Balaban J connectivity index is 2.02.